The van der Waals surface area contributed by atoms with Crippen LogP contribution in [0.2, 0.25) is 4.34 Å². The van der Waals surface area contributed by atoms with Crippen LogP contribution in [0.3, 0.4) is 0 Å². The van der Waals surface area contributed by atoms with Gasteiger partial charge in [-0.1, -0.05) is 29.8 Å². The highest BCUT2D eigenvalue weighted by molar-refractivity contribution is 7.18. The molecule has 0 bridgehead atoms. The number of methoxy groups -OCH3 is 1. The Bertz CT molecular complexity index is 816. The Morgan fingerprint density at radius 3 is 2.75 bits per heavy atom. The van der Waals surface area contributed by atoms with Crippen LogP contribution in [0.15, 0.2) is 36.4 Å². The molecular formula is C21H24ClNO4S. The van der Waals surface area contributed by atoms with Crippen LogP contribution in [-0.2, 0) is 16.1 Å². The summed E-state index contributed by atoms with van der Waals surface area (Å²) >= 11 is 7.14. The molecular weight excluding hydrogens is 398 g/mol. The van der Waals surface area contributed by atoms with Gasteiger partial charge in [-0.05, 0) is 31.0 Å². The summed E-state index contributed by atoms with van der Waals surface area (Å²) in [6.45, 7) is 1.69. The standard InChI is InChI=1S/C21H24ClNO4S/c1-26-18-7-3-2-5-15(18)13-23(14-16-6-4-12-27-16)21(25)11-8-17(24)19-9-10-20(22)28-19/h2-3,5,7,9-10,16H,4,6,8,11-14H2,1H3. The van der Waals surface area contributed by atoms with Crippen molar-refractivity contribution in [1.29, 1.82) is 0 Å². The minimum atomic E-state index is -0.0580. The first kappa shape index (κ1) is 20.8. The van der Waals surface area contributed by atoms with E-state index in [4.69, 9.17) is 21.1 Å². The lowest BCUT2D eigenvalue weighted by Gasteiger charge is -2.26. The Hall–Kier alpha value is -1.89. The molecule has 1 saturated heterocycles. The molecule has 1 atom stereocenters. The topological polar surface area (TPSA) is 55.8 Å². The molecule has 0 N–H and O–H groups in total. The number of hydrogen-bond acceptors (Lipinski definition) is 5. The number of benzene rings is 1. The van der Waals surface area contributed by atoms with E-state index < -0.39 is 0 Å². The maximum Gasteiger partial charge on any atom is 0.223 e. The van der Waals surface area contributed by atoms with Crippen LogP contribution in [0, 0.1) is 0 Å². The van der Waals surface area contributed by atoms with E-state index in [0.717, 1.165) is 30.8 Å². The monoisotopic (exact) mass is 421 g/mol. The molecule has 1 aliphatic rings. The number of ketones is 1. The lowest BCUT2D eigenvalue weighted by molar-refractivity contribution is -0.133. The molecule has 1 aromatic carbocycles. The maximum atomic E-state index is 12.9. The summed E-state index contributed by atoms with van der Waals surface area (Å²) in [5.74, 6) is 0.633. The first-order valence-electron chi connectivity index (χ1n) is 9.36. The number of para-hydroxylation sites is 1. The fraction of sp³-hybridized carbons (Fsp3) is 0.429. The predicted molar refractivity (Wildman–Crippen MR) is 110 cm³/mol. The van der Waals surface area contributed by atoms with Crippen molar-refractivity contribution in [1.82, 2.24) is 4.90 Å². The molecule has 28 heavy (non-hydrogen) atoms. The number of amides is 1. The van der Waals surface area contributed by atoms with Gasteiger partial charge < -0.3 is 14.4 Å². The maximum absolute atomic E-state index is 12.9. The summed E-state index contributed by atoms with van der Waals surface area (Å²) in [5, 5.41) is 0. The predicted octanol–water partition coefficient (Wildman–Crippen LogP) is 4.58. The molecule has 150 valence electrons. The second-order valence-corrected chi connectivity index (χ2v) is 8.46. The average molecular weight is 422 g/mol. The minimum Gasteiger partial charge on any atom is -0.496 e. The number of halogens is 1. The number of carbonyl (C=O) groups is 2. The highest BCUT2D eigenvalue weighted by Crippen LogP contribution is 2.24. The Morgan fingerprint density at radius 1 is 1.25 bits per heavy atom. The Balaban J connectivity index is 1.66. The molecule has 3 rings (SSSR count). The molecule has 7 heteroatoms. The number of rotatable bonds is 9. The normalized spacial score (nSPS) is 16.1. The number of Topliss-reactive ketones (excluding diaryl/α,β-unsaturated/α-hetero) is 1. The molecule has 2 aromatic rings. The third kappa shape index (κ3) is 5.56. The average Bonchev–Trinajstić information content (AvgIpc) is 3.37. The highest BCUT2D eigenvalue weighted by Gasteiger charge is 2.24. The summed E-state index contributed by atoms with van der Waals surface area (Å²) in [6, 6.07) is 11.1. The lowest BCUT2D eigenvalue weighted by atomic mass is 10.1. The molecule has 2 heterocycles. The number of ether oxygens (including phenoxy) is 2. The van der Waals surface area contributed by atoms with E-state index in [2.05, 4.69) is 0 Å². The van der Waals surface area contributed by atoms with Gasteiger partial charge in [0, 0.05) is 38.1 Å². The highest BCUT2D eigenvalue weighted by atomic mass is 35.5. The van der Waals surface area contributed by atoms with Gasteiger partial charge in [-0.15, -0.1) is 11.3 Å². The molecule has 1 fully saturated rings. The zero-order valence-electron chi connectivity index (χ0n) is 15.9. The molecule has 5 nitrogen and oxygen atoms in total. The fourth-order valence-electron chi connectivity index (χ4n) is 3.29. The third-order valence-electron chi connectivity index (χ3n) is 4.77. The van der Waals surface area contributed by atoms with Crippen molar-refractivity contribution in [3.8, 4) is 5.75 Å². The van der Waals surface area contributed by atoms with E-state index in [0.29, 0.717) is 22.3 Å². The Kier molecular flexibility index (Phi) is 7.48. The minimum absolute atomic E-state index is 0.0467. The van der Waals surface area contributed by atoms with Gasteiger partial charge in [0.05, 0.1) is 22.4 Å². The van der Waals surface area contributed by atoms with Crippen molar-refractivity contribution >= 4 is 34.6 Å². The first-order chi connectivity index (χ1) is 13.6. The summed E-state index contributed by atoms with van der Waals surface area (Å²) in [6.07, 6.45) is 2.34. The second kappa shape index (κ2) is 10.0. The molecule has 0 saturated carbocycles. The fourth-order valence-corrected chi connectivity index (χ4v) is 4.30. The summed E-state index contributed by atoms with van der Waals surface area (Å²) in [4.78, 5) is 27.6. The molecule has 1 aromatic heterocycles. The third-order valence-corrected chi connectivity index (χ3v) is 6.04. The van der Waals surface area contributed by atoms with Gasteiger partial charge in [0.15, 0.2) is 5.78 Å². The molecule has 1 amide bonds. The molecule has 1 aliphatic heterocycles. The Morgan fingerprint density at radius 2 is 2.07 bits per heavy atom. The van der Waals surface area contributed by atoms with Crippen molar-refractivity contribution < 1.29 is 19.1 Å². The van der Waals surface area contributed by atoms with Gasteiger partial charge >= 0.3 is 0 Å². The summed E-state index contributed by atoms with van der Waals surface area (Å²) in [5.41, 5.74) is 0.938. The van der Waals surface area contributed by atoms with E-state index in [9.17, 15) is 9.59 Å². The van der Waals surface area contributed by atoms with Crippen LogP contribution in [-0.4, -0.2) is 43.0 Å². The van der Waals surface area contributed by atoms with Crippen molar-refractivity contribution in [2.75, 3.05) is 20.3 Å². The van der Waals surface area contributed by atoms with Crippen LogP contribution >= 0.6 is 22.9 Å². The van der Waals surface area contributed by atoms with E-state index >= 15 is 0 Å². The number of thiophene rings is 1. The lowest BCUT2D eigenvalue weighted by Crippen LogP contribution is -2.37. The molecule has 0 aliphatic carbocycles. The van der Waals surface area contributed by atoms with Gasteiger partial charge in [-0.3, -0.25) is 9.59 Å². The van der Waals surface area contributed by atoms with Crippen molar-refractivity contribution in [3.63, 3.8) is 0 Å². The number of hydrogen-bond donors (Lipinski definition) is 0. The van der Waals surface area contributed by atoms with E-state index in [-0.39, 0.29) is 30.6 Å². The van der Waals surface area contributed by atoms with Crippen molar-refractivity contribution in [3.05, 3.63) is 51.2 Å². The number of nitrogens with zero attached hydrogens (tertiary/aromatic N) is 1. The number of carbonyl (C=O) groups excluding carboxylic acids is 2. The van der Waals surface area contributed by atoms with Gasteiger partial charge in [-0.2, -0.15) is 0 Å². The molecule has 1 unspecified atom stereocenters. The quantitative estimate of drug-likeness (QED) is 0.556. The first-order valence-corrected chi connectivity index (χ1v) is 10.6. The van der Waals surface area contributed by atoms with E-state index in [1.54, 1.807) is 24.1 Å². The van der Waals surface area contributed by atoms with Gasteiger partial charge in [0.1, 0.15) is 5.75 Å². The van der Waals surface area contributed by atoms with Gasteiger partial charge in [-0.25, -0.2) is 0 Å². The van der Waals surface area contributed by atoms with Crippen LogP contribution in [0.25, 0.3) is 0 Å². The van der Waals surface area contributed by atoms with Crippen LogP contribution in [0.5, 0.6) is 5.75 Å². The van der Waals surface area contributed by atoms with Crippen LogP contribution in [0.4, 0.5) is 0 Å². The zero-order chi connectivity index (χ0) is 19.9. The van der Waals surface area contributed by atoms with Gasteiger partial charge in [0.2, 0.25) is 5.91 Å². The Labute approximate surface area is 174 Å². The SMILES string of the molecule is COc1ccccc1CN(CC1CCCO1)C(=O)CCC(=O)c1ccc(Cl)s1. The largest absolute Gasteiger partial charge is 0.496 e. The summed E-state index contributed by atoms with van der Waals surface area (Å²) in [7, 11) is 1.62. The smallest absolute Gasteiger partial charge is 0.223 e. The van der Waals surface area contributed by atoms with Crippen molar-refractivity contribution in [2.24, 2.45) is 0 Å². The van der Waals surface area contributed by atoms with E-state index in [1.165, 1.54) is 11.3 Å². The van der Waals surface area contributed by atoms with Crippen LogP contribution < -0.4 is 4.74 Å². The zero-order valence-corrected chi connectivity index (χ0v) is 17.4. The van der Waals surface area contributed by atoms with Crippen molar-refractivity contribution in [2.45, 2.75) is 38.3 Å². The van der Waals surface area contributed by atoms with Crippen LogP contribution in [0.1, 0.15) is 40.9 Å². The summed E-state index contributed by atoms with van der Waals surface area (Å²) < 4.78 is 11.7. The molecule has 0 radical (unpaired) electrons. The molecule has 0 spiro atoms. The second-order valence-electron chi connectivity index (χ2n) is 6.75. The van der Waals surface area contributed by atoms with E-state index in [1.807, 2.05) is 24.3 Å². The van der Waals surface area contributed by atoms with Gasteiger partial charge in [0.25, 0.3) is 0 Å².